The summed E-state index contributed by atoms with van der Waals surface area (Å²) in [6.45, 7) is 4.09. The molecule has 1 atom stereocenters. The first kappa shape index (κ1) is 12.0. The molecule has 1 aliphatic heterocycles. The van der Waals surface area contributed by atoms with Crippen molar-refractivity contribution in [3.05, 3.63) is 24.0 Å². The first-order valence-electron chi connectivity index (χ1n) is 5.99. The lowest BCUT2D eigenvalue weighted by Crippen LogP contribution is -2.12. The number of ketones is 1. The lowest BCUT2D eigenvalue weighted by molar-refractivity contribution is 0.0983. The summed E-state index contributed by atoms with van der Waals surface area (Å²) in [5, 5.41) is 0. The number of rotatable bonds is 5. The van der Waals surface area contributed by atoms with E-state index in [0.29, 0.717) is 30.4 Å². The van der Waals surface area contributed by atoms with E-state index in [0.717, 1.165) is 19.6 Å². The third-order valence-electron chi connectivity index (χ3n) is 2.85. The minimum Gasteiger partial charge on any atom is -0.492 e. The van der Waals surface area contributed by atoms with Gasteiger partial charge in [-0.3, -0.25) is 4.79 Å². The van der Waals surface area contributed by atoms with Crippen molar-refractivity contribution in [3.63, 3.8) is 0 Å². The Hall–Kier alpha value is -1.42. The second-order valence-corrected chi connectivity index (χ2v) is 4.20. The van der Waals surface area contributed by atoms with Crippen LogP contribution in [0.3, 0.4) is 0 Å². The van der Waals surface area contributed by atoms with Crippen molar-refractivity contribution in [1.29, 1.82) is 0 Å². The number of hydrogen-bond acceptors (Lipinski definition) is 4. The van der Waals surface area contributed by atoms with Crippen LogP contribution < -0.4 is 4.74 Å². The van der Waals surface area contributed by atoms with E-state index in [9.17, 15) is 4.79 Å². The van der Waals surface area contributed by atoms with Gasteiger partial charge in [0.1, 0.15) is 11.4 Å². The van der Waals surface area contributed by atoms with Crippen LogP contribution in [0.25, 0.3) is 0 Å². The molecule has 0 saturated carbocycles. The van der Waals surface area contributed by atoms with E-state index in [1.807, 2.05) is 6.92 Å². The molecule has 0 N–H and O–H groups in total. The van der Waals surface area contributed by atoms with Gasteiger partial charge in [-0.05, 0) is 18.6 Å². The van der Waals surface area contributed by atoms with Crippen LogP contribution in [-0.4, -0.2) is 30.6 Å². The topological polar surface area (TPSA) is 48.4 Å². The largest absolute Gasteiger partial charge is 0.492 e. The molecule has 17 heavy (non-hydrogen) atoms. The van der Waals surface area contributed by atoms with E-state index in [1.165, 1.54) is 0 Å². The number of Topliss-reactive ketones (excluding diaryl/α,β-unsaturated/α-hetero) is 1. The fraction of sp³-hybridized carbons (Fsp3) is 0.538. The first-order chi connectivity index (χ1) is 8.29. The second kappa shape index (κ2) is 5.77. The van der Waals surface area contributed by atoms with Gasteiger partial charge in [0.25, 0.3) is 0 Å². The number of carbonyl (C=O) groups is 1. The van der Waals surface area contributed by atoms with Gasteiger partial charge in [0.05, 0.1) is 19.4 Å². The normalized spacial score (nSPS) is 19.2. The van der Waals surface area contributed by atoms with E-state index in [1.54, 1.807) is 18.3 Å². The van der Waals surface area contributed by atoms with Crippen LogP contribution in [0.2, 0.25) is 0 Å². The minimum atomic E-state index is 0.0562. The number of aromatic nitrogens is 1. The van der Waals surface area contributed by atoms with Gasteiger partial charge in [-0.15, -0.1) is 0 Å². The van der Waals surface area contributed by atoms with Gasteiger partial charge in [-0.25, -0.2) is 4.98 Å². The fourth-order valence-corrected chi connectivity index (χ4v) is 1.74. The summed E-state index contributed by atoms with van der Waals surface area (Å²) in [5.74, 6) is 1.25. The minimum absolute atomic E-state index is 0.0562. The van der Waals surface area contributed by atoms with Crippen LogP contribution in [0.15, 0.2) is 18.3 Å². The highest BCUT2D eigenvalue weighted by Gasteiger charge is 2.16. The molecule has 1 aromatic heterocycles. The lowest BCUT2D eigenvalue weighted by atomic mass is 10.1. The molecule has 1 unspecified atom stereocenters. The molecule has 2 rings (SSSR count). The molecule has 1 aliphatic rings. The summed E-state index contributed by atoms with van der Waals surface area (Å²) in [5.41, 5.74) is 0.504. The standard InChI is InChI=1S/C13H17NO3/c1-2-13(15)12-4-3-11(7-14-12)17-9-10-5-6-16-8-10/h3-4,7,10H,2,5-6,8-9H2,1H3. The number of hydrogen-bond donors (Lipinski definition) is 0. The Morgan fingerprint density at radius 2 is 2.47 bits per heavy atom. The van der Waals surface area contributed by atoms with E-state index < -0.39 is 0 Å². The summed E-state index contributed by atoms with van der Waals surface area (Å²) in [7, 11) is 0. The highest BCUT2D eigenvalue weighted by Crippen LogP contribution is 2.16. The summed E-state index contributed by atoms with van der Waals surface area (Å²) in [6.07, 6.45) is 3.14. The Labute approximate surface area is 101 Å². The van der Waals surface area contributed by atoms with Crippen molar-refractivity contribution >= 4 is 5.78 Å². The Bertz CT molecular complexity index is 369. The molecule has 0 bridgehead atoms. The third kappa shape index (κ3) is 3.27. The van der Waals surface area contributed by atoms with Crippen molar-refractivity contribution in [2.75, 3.05) is 19.8 Å². The molecule has 0 radical (unpaired) electrons. The van der Waals surface area contributed by atoms with Crippen molar-refractivity contribution in [2.45, 2.75) is 19.8 Å². The maximum absolute atomic E-state index is 11.4. The maximum atomic E-state index is 11.4. The van der Waals surface area contributed by atoms with Gasteiger partial charge in [0.15, 0.2) is 5.78 Å². The number of carbonyl (C=O) groups excluding carboxylic acids is 1. The van der Waals surface area contributed by atoms with Crippen LogP contribution in [0.5, 0.6) is 5.75 Å². The zero-order chi connectivity index (χ0) is 12.1. The zero-order valence-electron chi connectivity index (χ0n) is 10.0. The molecule has 4 nitrogen and oxygen atoms in total. The van der Waals surface area contributed by atoms with Gasteiger partial charge in [0.2, 0.25) is 0 Å². The molecule has 4 heteroatoms. The molecule has 1 saturated heterocycles. The molecule has 1 aromatic rings. The predicted octanol–water partition coefficient (Wildman–Crippen LogP) is 2.09. The molecule has 1 fully saturated rings. The smallest absolute Gasteiger partial charge is 0.180 e. The van der Waals surface area contributed by atoms with Gasteiger partial charge in [-0.1, -0.05) is 6.92 Å². The fourth-order valence-electron chi connectivity index (χ4n) is 1.74. The quantitative estimate of drug-likeness (QED) is 0.733. The second-order valence-electron chi connectivity index (χ2n) is 4.20. The van der Waals surface area contributed by atoms with E-state index in [2.05, 4.69) is 4.98 Å². The van der Waals surface area contributed by atoms with Crippen molar-refractivity contribution < 1.29 is 14.3 Å². The van der Waals surface area contributed by atoms with Crippen LogP contribution >= 0.6 is 0 Å². The molecular formula is C13H17NO3. The van der Waals surface area contributed by atoms with Gasteiger partial charge >= 0.3 is 0 Å². The third-order valence-corrected chi connectivity index (χ3v) is 2.85. The molecule has 0 aliphatic carbocycles. The Morgan fingerprint density at radius 1 is 1.59 bits per heavy atom. The summed E-state index contributed by atoms with van der Waals surface area (Å²) in [4.78, 5) is 15.5. The average molecular weight is 235 g/mol. The molecule has 0 spiro atoms. The van der Waals surface area contributed by atoms with Gasteiger partial charge in [0, 0.05) is 18.9 Å². The molecule has 0 amide bonds. The average Bonchev–Trinajstić information content (AvgIpc) is 2.89. The van der Waals surface area contributed by atoms with E-state index >= 15 is 0 Å². The Balaban J connectivity index is 1.87. The lowest BCUT2D eigenvalue weighted by Gasteiger charge is -2.09. The Kier molecular flexibility index (Phi) is 4.09. The molecule has 2 heterocycles. The van der Waals surface area contributed by atoms with Crippen molar-refractivity contribution in [3.8, 4) is 5.75 Å². The van der Waals surface area contributed by atoms with Crippen molar-refractivity contribution in [2.24, 2.45) is 5.92 Å². The van der Waals surface area contributed by atoms with Crippen LogP contribution in [0.4, 0.5) is 0 Å². The molecular weight excluding hydrogens is 218 g/mol. The van der Waals surface area contributed by atoms with E-state index in [4.69, 9.17) is 9.47 Å². The predicted molar refractivity (Wildman–Crippen MR) is 63.3 cm³/mol. The summed E-state index contributed by atoms with van der Waals surface area (Å²) in [6, 6.07) is 3.51. The van der Waals surface area contributed by atoms with Crippen LogP contribution in [0, 0.1) is 5.92 Å². The Morgan fingerprint density at radius 3 is 3.06 bits per heavy atom. The summed E-state index contributed by atoms with van der Waals surface area (Å²) < 4.78 is 10.9. The number of nitrogens with zero attached hydrogens (tertiary/aromatic N) is 1. The highest BCUT2D eigenvalue weighted by molar-refractivity contribution is 5.93. The number of ether oxygens (including phenoxy) is 2. The van der Waals surface area contributed by atoms with Crippen LogP contribution in [-0.2, 0) is 4.74 Å². The van der Waals surface area contributed by atoms with E-state index in [-0.39, 0.29) is 5.78 Å². The van der Waals surface area contributed by atoms with Crippen LogP contribution in [0.1, 0.15) is 30.3 Å². The monoisotopic (exact) mass is 235 g/mol. The molecule has 92 valence electrons. The SMILES string of the molecule is CCC(=O)c1ccc(OCC2CCOC2)cn1. The molecule has 0 aromatic carbocycles. The maximum Gasteiger partial charge on any atom is 0.180 e. The van der Waals surface area contributed by atoms with Gasteiger partial charge in [-0.2, -0.15) is 0 Å². The zero-order valence-corrected chi connectivity index (χ0v) is 10.0. The summed E-state index contributed by atoms with van der Waals surface area (Å²) >= 11 is 0. The van der Waals surface area contributed by atoms with Gasteiger partial charge < -0.3 is 9.47 Å². The number of pyridine rings is 1. The first-order valence-corrected chi connectivity index (χ1v) is 5.99. The highest BCUT2D eigenvalue weighted by atomic mass is 16.5. The van der Waals surface area contributed by atoms with Crippen molar-refractivity contribution in [1.82, 2.24) is 4.98 Å².